The number of aromatic nitrogens is 1. The maximum absolute atomic E-state index is 13.0. The number of carbonyl (C=O) groups is 2. The maximum atomic E-state index is 13.0. The van der Waals surface area contributed by atoms with Crippen LogP contribution in [0.4, 0.5) is 4.39 Å². The smallest absolute Gasteiger partial charge is 0.322 e. The molecule has 1 rings (SSSR count). The van der Waals surface area contributed by atoms with Crippen molar-refractivity contribution >= 4 is 11.9 Å². The first-order chi connectivity index (χ1) is 7.00. The Balaban J connectivity index is 2.86. The average molecular weight is 214 g/mol. The van der Waals surface area contributed by atoms with E-state index in [2.05, 4.69) is 0 Å². The van der Waals surface area contributed by atoms with Crippen LogP contribution < -0.4 is 10.9 Å². The third kappa shape index (κ3) is 2.90. The monoisotopic (exact) mass is 214 g/mol. The highest BCUT2D eigenvalue weighted by atomic mass is 19.1. The molecule has 7 heteroatoms. The minimum Gasteiger partial charge on any atom is -0.480 e. The van der Waals surface area contributed by atoms with Crippen LogP contribution in [0.15, 0.2) is 16.9 Å². The molecule has 15 heavy (non-hydrogen) atoms. The zero-order chi connectivity index (χ0) is 11.4. The number of carboxylic acid groups (broad SMARTS) is 1. The topological polar surface area (TPSA) is 99.3 Å². The number of amides is 1. The molecule has 0 aliphatic heterocycles. The lowest BCUT2D eigenvalue weighted by Gasteiger charge is -2.02. The van der Waals surface area contributed by atoms with Gasteiger partial charge in [-0.2, -0.15) is 0 Å². The standard InChI is InChI=1S/C8H7FN2O4/c9-4-1-2-5(12)11-7(4)8(15)10-3-6(13)14/h1-2H,3H2,(H,10,15)(H,11,12)(H,13,14). The van der Waals surface area contributed by atoms with E-state index in [9.17, 15) is 18.8 Å². The van der Waals surface area contributed by atoms with Crippen molar-refractivity contribution in [3.63, 3.8) is 0 Å². The summed E-state index contributed by atoms with van der Waals surface area (Å²) >= 11 is 0. The number of hydrogen-bond donors (Lipinski definition) is 3. The Bertz CT molecular complexity index is 454. The maximum Gasteiger partial charge on any atom is 0.322 e. The number of nitrogens with one attached hydrogen (secondary N) is 2. The Morgan fingerprint density at radius 2 is 2.13 bits per heavy atom. The molecule has 0 bridgehead atoms. The van der Waals surface area contributed by atoms with E-state index in [0.29, 0.717) is 0 Å². The second-order valence-electron chi connectivity index (χ2n) is 2.62. The molecule has 1 aromatic heterocycles. The highest BCUT2D eigenvalue weighted by Crippen LogP contribution is 1.99. The molecule has 1 heterocycles. The number of carbonyl (C=O) groups excluding carboxylic acids is 1. The van der Waals surface area contributed by atoms with E-state index in [1.165, 1.54) is 0 Å². The van der Waals surface area contributed by atoms with Crippen LogP contribution in [0.5, 0.6) is 0 Å². The van der Waals surface area contributed by atoms with Crippen LogP contribution in [0.1, 0.15) is 10.5 Å². The Labute approximate surface area is 82.7 Å². The minimum atomic E-state index is -1.26. The van der Waals surface area contributed by atoms with Gasteiger partial charge >= 0.3 is 5.97 Å². The summed E-state index contributed by atoms with van der Waals surface area (Å²) in [4.78, 5) is 34.0. The zero-order valence-corrected chi connectivity index (χ0v) is 7.41. The highest BCUT2D eigenvalue weighted by molar-refractivity contribution is 5.94. The van der Waals surface area contributed by atoms with E-state index in [1.807, 2.05) is 10.3 Å². The Morgan fingerprint density at radius 1 is 1.47 bits per heavy atom. The van der Waals surface area contributed by atoms with Gasteiger partial charge in [0.15, 0.2) is 5.82 Å². The molecule has 0 fully saturated rings. The van der Waals surface area contributed by atoms with Crippen molar-refractivity contribution in [1.82, 2.24) is 10.3 Å². The van der Waals surface area contributed by atoms with Crippen LogP contribution in [0.25, 0.3) is 0 Å². The Hall–Kier alpha value is -2.18. The molecule has 0 aromatic carbocycles. The quantitative estimate of drug-likeness (QED) is 0.621. The molecule has 0 spiro atoms. The summed E-state index contributed by atoms with van der Waals surface area (Å²) in [5, 5.41) is 10.2. The van der Waals surface area contributed by atoms with Gasteiger partial charge in [-0.05, 0) is 6.07 Å². The van der Waals surface area contributed by atoms with Crippen molar-refractivity contribution in [2.24, 2.45) is 0 Å². The lowest BCUT2D eigenvalue weighted by atomic mass is 10.3. The van der Waals surface area contributed by atoms with Gasteiger partial charge < -0.3 is 15.4 Å². The summed E-state index contributed by atoms with van der Waals surface area (Å²) in [7, 11) is 0. The first-order valence-electron chi connectivity index (χ1n) is 3.89. The van der Waals surface area contributed by atoms with E-state index < -0.39 is 35.5 Å². The fourth-order valence-corrected chi connectivity index (χ4v) is 0.866. The second-order valence-corrected chi connectivity index (χ2v) is 2.62. The predicted molar refractivity (Wildman–Crippen MR) is 47.0 cm³/mol. The molecule has 0 saturated carbocycles. The molecule has 3 N–H and O–H groups in total. The largest absolute Gasteiger partial charge is 0.480 e. The summed E-state index contributed by atoms with van der Waals surface area (Å²) in [6.07, 6.45) is 0. The van der Waals surface area contributed by atoms with Gasteiger partial charge in [0.2, 0.25) is 5.56 Å². The number of rotatable bonds is 3. The van der Waals surface area contributed by atoms with Crippen LogP contribution in [0, 0.1) is 5.82 Å². The Kier molecular flexibility index (Phi) is 3.17. The van der Waals surface area contributed by atoms with Gasteiger partial charge in [-0.15, -0.1) is 0 Å². The van der Waals surface area contributed by atoms with Gasteiger partial charge in [-0.3, -0.25) is 14.4 Å². The minimum absolute atomic E-state index is 0.580. The molecule has 0 saturated heterocycles. The van der Waals surface area contributed by atoms with Gasteiger partial charge in [0.1, 0.15) is 12.2 Å². The van der Waals surface area contributed by atoms with Gasteiger partial charge in [0.05, 0.1) is 0 Å². The van der Waals surface area contributed by atoms with Crippen molar-refractivity contribution < 1.29 is 19.1 Å². The van der Waals surface area contributed by atoms with Gasteiger partial charge in [-0.25, -0.2) is 4.39 Å². The summed E-state index contributed by atoms with van der Waals surface area (Å²) in [5.74, 6) is -3.16. The lowest BCUT2D eigenvalue weighted by Crippen LogP contribution is -2.31. The number of pyridine rings is 1. The molecule has 1 amide bonds. The van der Waals surface area contributed by atoms with E-state index >= 15 is 0 Å². The van der Waals surface area contributed by atoms with Crippen LogP contribution in [-0.4, -0.2) is 28.5 Å². The molecular formula is C8H7FN2O4. The molecule has 1 aromatic rings. The SMILES string of the molecule is O=C(O)CNC(=O)c1[nH]c(=O)ccc1F. The molecule has 0 unspecified atom stereocenters. The second kappa shape index (κ2) is 4.36. The number of H-pyrrole nitrogens is 1. The van der Waals surface area contributed by atoms with E-state index in [4.69, 9.17) is 5.11 Å². The van der Waals surface area contributed by atoms with Gasteiger partial charge in [-0.1, -0.05) is 0 Å². The van der Waals surface area contributed by atoms with Crippen molar-refractivity contribution in [2.45, 2.75) is 0 Å². The average Bonchev–Trinajstić information content (AvgIpc) is 2.18. The van der Waals surface area contributed by atoms with Crippen LogP contribution in [0.3, 0.4) is 0 Å². The van der Waals surface area contributed by atoms with E-state index in [1.54, 1.807) is 0 Å². The Morgan fingerprint density at radius 3 is 2.73 bits per heavy atom. The fourth-order valence-electron chi connectivity index (χ4n) is 0.866. The molecule has 0 radical (unpaired) electrons. The highest BCUT2D eigenvalue weighted by Gasteiger charge is 2.12. The van der Waals surface area contributed by atoms with Crippen LogP contribution in [0.2, 0.25) is 0 Å². The fraction of sp³-hybridized carbons (Fsp3) is 0.125. The van der Waals surface area contributed by atoms with E-state index in [-0.39, 0.29) is 0 Å². The molecule has 0 aliphatic carbocycles. The molecule has 6 nitrogen and oxygen atoms in total. The first kappa shape index (κ1) is 10.9. The molecule has 80 valence electrons. The van der Waals surface area contributed by atoms with Crippen molar-refractivity contribution in [1.29, 1.82) is 0 Å². The molecule has 0 atom stereocenters. The number of aliphatic carboxylic acids is 1. The third-order valence-electron chi connectivity index (χ3n) is 1.50. The molecule has 0 aliphatic rings. The van der Waals surface area contributed by atoms with Crippen molar-refractivity contribution in [2.75, 3.05) is 6.54 Å². The summed E-state index contributed by atoms with van der Waals surface area (Å²) in [6.45, 7) is -0.644. The third-order valence-corrected chi connectivity index (χ3v) is 1.50. The predicted octanol–water partition coefficient (Wildman–Crippen LogP) is -0.672. The zero-order valence-electron chi connectivity index (χ0n) is 7.41. The number of carboxylic acids is 1. The summed E-state index contributed by atoms with van der Waals surface area (Å²) < 4.78 is 13.0. The van der Waals surface area contributed by atoms with Crippen molar-refractivity contribution in [3.8, 4) is 0 Å². The normalized spacial score (nSPS) is 9.67. The summed E-state index contributed by atoms with van der Waals surface area (Å²) in [6, 6.07) is 1.75. The van der Waals surface area contributed by atoms with Crippen molar-refractivity contribution in [3.05, 3.63) is 34.0 Å². The molecular weight excluding hydrogens is 207 g/mol. The van der Waals surface area contributed by atoms with E-state index in [0.717, 1.165) is 12.1 Å². The van der Waals surface area contributed by atoms with Crippen LogP contribution in [-0.2, 0) is 4.79 Å². The van der Waals surface area contributed by atoms with Crippen LogP contribution >= 0.6 is 0 Å². The lowest BCUT2D eigenvalue weighted by molar-refractivity contribution is -0.135. The number of halogens is 1. The number of aromatic amines is 1. The first-order valence-corrected chi connectivity index (χ1v) is 3.89. The van der Waals surface area contributed by atoms with Gasteiger partial charge in [0, 0.05) is 6.07 Å². The summed E-state index contributed by atoms with van der Waals surface area (Å²) in [5.41, 5.74) is -1.22. The number of hydrogen-bond acceptors (Lipinski definition) is 3. The van der Waals surface area contributed by atoms with Gasteiger partial charge in [0.25, 0.3) is 5.91 Å².